The van der Waals surface area contributed by atoms with E-state index in [2.05, 4.69) is 17.2 Å². The van der Waals surface area contributed by atoms with Gasteiger partial charge in [0.25, 0.3) is 11.8 Å². The van der Waals surface area contributed by atoms with Crippen LogP contribution >= 0.6 is 0 Å². The van der Waals surface area contributed by atoms with Crippen molar-refractivity contribution in [2.24, 2.45) is 0 Å². The zero-order valence-electron chi connectivity index (χ0n) is 15.6. The Bertz CT molecular complexity index is 848. The van der Waals surface area contributed by atoms with Crippen LogP contribution in [0.1, 0.15) is 16.1 Å². The number of carbonyl (C=O) groups excluding carboxylic acids is 4. The summed E-state index contributed by atoms with van der Waals surface area (Å²) >= 11 is 0. The number of hydrogen-bond donors (Lipinski definition) is 3. The zero-order chi connectivity index (χ0) is 21.1. The van der Waals surface area contributed by atoms with E-state index in [1.54, 1.807) is 30.3 Å². The van der Waals surface area contributed by atoms with Gasteiger partial charge in [-0.25, -0.2) is 9.59 Å². The minimum Gasteiger partial charge on any atom is -0.459 e. The van der Waals surface area contributed by atoms with Crippen molar-refractivity contribution in [1.82, 2.24) is 16.0 Å². The first-order chi connectivity index (χ1) is 14.0. The van der Waals surface area contributed by atoms with Gasteiger partial charge < -0.3 is 19.8 Å². The Morgan fingerprint density at radius 1 is 1.10 bits per heavy atom. The SMILES string of the molecule is C=CCNC(=O)NC(=O)COC(=O)[C@H](Cc1ccccc1)NC(=O)c1ccco1. The summed E-state index contributed by atoms with van der Waals surface area (Å²) in [6, 6.07) is 10.2. The quantitative estimate of drug-likeness (QED) is 0.429. The number of nitrogens with one attached hydrogen (secondary N) is 3. The predicted molar refractivity (Wildman–Crippen MR) is 103 cm³/mol. The number of amides is 4. The van der Waals surface area contributed by atoms with Crippen LogP contribution in [0, 0.1) is 0 Å². The highest BCUT2D eigenvalue weighted by Gasteiger charge is 2.25. The van der Waals surface area contributed by atoms with Gasteiger partial charge in [0, 0.05) is 13.0 Å². The maximum Gasteiger partial charge on any atom is 0.329 e. The molecule has 9 nitrogen and oxygen atoms in total. The van der Waals surface area contributed by atoms with Gasteiger partial charge in [-0.3, -0.25) is 14.9 Å². The average Bonchev–Trinajstić information content (AvgIpc) is 3.25. The molecule has 0 spiro atoms. The van der Waals surface area contributed by atoms with E-state index in [1.807, 2.05) is 11.4 Å². The van der Waals surface area contributed by atoms with Gasteiger partial charge in [0.1, 0.15) is 6.04 Å². The molecule has 2 rings (SSSR count). The summed E-state index contributed by atoms with van der Waals surface area (Å²) in [5, 5.41) is 6.89. The normalized spacial score (nSPS) is 11.0. The van der Waals surface area contributed by atoms with Crippen molar-refractivity contribution in [3.63, 3.8) is 0 Å². The third kappa shape index (κ3) is 7.33. The molecule has 29 heavy (non-hydrogen) atoms. The largest absolute Gasteiger partial charge is 0.459 e. The molecule has 2 aromatic rings. The summed E-state index contributed by atoms with van der Waals surface area (Å²) in [5.41, 5.74) is 0.780. The Labute approximate surface area is 167 Å². The highest BCUT2D eigenvalue weighted by atomic mass is 16.5. The van der Waals surface area contributed by atoms with Gasteiger partial charge in [-0.2, -0.15) is 0 Å². The van der Waals surface area contributed by atoms with Crippen molar-refractivity contribution in [1.29, 1.82) is 0 Å². The van der Waals surface area contributed by atoms with Crippen LogP contribution in [0.3, 0.4) is 0 Å². The lowest BCUT2D eigenvalue weighted by Crippen LogP contribution is -2.45. The van der Waals surface area contributed by atoms with E-state index >= 15 is 0 Å². The molecule has 0 aliphatic carbocycles. The van der Waals surface area contributed by atoms with Crippen molar-refractivity contribution in [2.75, 3.05) is 13.2 Å². The molecular formula is C20H21N3O6. The van der Waals surface area contributed by atoms with Crippen molar-refractivity contribution in [2.45, 2.75) is 12.5 Å². The first kappa shape index (κ1) is 21.4. The number of esters is 1. The fourth-order valence-corrected chi connectivity index (χ4v) is 2.29. The number of benzene rings is 1. The molecule has 0 radical (unpaired) electrons. The highest BCUT2D eigenvalue weighted by molar-refractivity contribution is 5.97. The van der Waals surface area contributed by atoms with E-state index in [0.717, 1.165) is 5.56 Å². The number of ether oxygens (including phenoxy) is 1. The molecule has 152 valence electrons. The summed E-state index contributed by atoms with van der Waals surface area (Å²) in [7, 11) is 0. The molecule has 0 unspecified atom stereocenters. The number of carbonyl (C=O) groups is 4. The van der Waals surface area contributed by atoms with Crippen molar-refractivity contribution < 1.29 is 28.3 Å². The van der Waals surface area contributed by atoms with E-state index in [1.165, 1.54) is 18.4 Å². The summed E-state index contributed by atoms with van der Waals surface area (Å²) in [6.07, 6.45) is 2.93. The fourth-order valence-electron chi connectivity index (χ4n) is 2.29. The number of rotatable bonds is 9. The smallest absolute Gasteiger partial charge is 0.329 e. The summed E-state index contributed by atoms with van der Waals surface area (Å²) in [4.78, 5) is 47.8. The lowest BCUT2D eigenvalue weighted by Gasteiger charge is -2.17. The van der Waals surface area contributed by atoms with Gasteiger partial charge in [0.2, 0.25) is 0 Å². The molecule has 0 aliphatic heterocycles. The molecule has 0 saturated heterocycles. The second-order valence-electron chi connectivity index (χ2n) is 5.85. The van der Waals surface area contributed by atoms with Gasteiger partial charge in [-0.05, 0) is 17.7 Å². The Hall–Kier alpha value is -3.88. The molecule has 3 N–H and O–H groups in total. The van der Waals surface area contributed by atoms with Crippen LogP contribution < -0.4 is 16.0 Å². The molecule has 0 fully saturated rings. The molecular weight excluding hydrogens is 378 g/mol. The first-order valence-corrected chi connectivity index (χ1v) is 8.73. The first-order valence-electron chi connectivity index (χ1n) is 8.73. The zero-order valence-corrected chi connectivity index (χ0v) is 15.6. The van der Waals surface area contributed by atoms with E-state index in [4.69, 9.17) is 9.15 Å². The summed E-state index contributed by atoms with van der Waals surface area (Å²) < 4.78 is 9.99. The standard InChI is InChI=1S/C20H21N3O6/c1-2-10-21-20(27)23-17(24)13-29-19(26)15(12-14-7-4-3-5-8-14)22-18(25)16-9-6-11-28-16/h2-9,11,15H,1,10,12-13H2,(H,22,25)(H2,21,23,24,27)/t15-/m0/s1. The molecule has 0 aliphatic rings. The van der Waals surface area contributed by atoms with Crippen LogP contribution in [0.25, 0.3) is 0 Å². The van der Waals surface area contributed by atoms with Crippen molar-refractivity contribution in [3.8, 4) is 0 Å². The Morgan fingerprint density at radius 2 is 1.86 bits per heavy atom. The van der Waals surface area contributed by atoms with E-state index in [9.17, 15) is 19.2 Å². The van der Waals surface area contributed by atoms with Crippen LogP contribution in [-0.4, -0.2) is 43.0 Å². The van der Waals surface area contributed by atoms with Crippen LogP contribution in [0.15, 0.2) is 65.8 Å². The van der Waals surface area contributed by atoms with Crippen LogP contribution in [-0.2, 0) is 20.7 Å². The van der Waals surface area contributed by atoms with Gasteiger partial charge in [0.15, 0.2) is 12.4 Å². The van der Waals surface area contributed by atoms with Crippen molar-refractivity contribution in [3.05, 3.63) is 72.7 Å². The molecule has 9 heteroatoms. The van der Waals surface area contributed by atoms with E-state index in [0.29, 0.717) is 0 Å². The van der Waals surface area contributed by atoms with Crippen molar-refractivity contribution >= 4 is 23.8 Å². The second kappa shape index (κ2) is 11.1. The maximum atomic E-state index is 12.5. The molecule has 1 heterocycles. The average molecular weight is 399 g/mol. The lowest BCUT2D eigenvalue weighted by atomic mass is 10.1. The van der Waals surface area contributed by atoms with Gasteiger partial charge in [0.05, 0.1) is 6.26 Å². The highest BCUT2D eigenvalue weighted by Crippen LogP contribution is 2.07. The summed E-state index contributed by atoms with van der Waals surface area (Å²) in [6.45, 7) is 2.93. The minimum absolute atomic E-state index is 0.0347. The number of imide groups is 1. The maximum absolute atomic E-state index is 12.5. The van der Waals surface area contributed by atoms with Crippen LogP contribution in [0.4, 0.5) is 4.79 Å². The Balaban J connectivity index is 1.96. The van der Waals surface area contributed by atoms with Gasteiger partial charge in [-0.1, -0.05) is 36.4 Å². The monoisotopic (exact) mass is 399 g/mol. The molecule has 4 amide bonds. The molecule has 0 bridgehead atoms. The Kier molecular flexibility index (Phi) is 8.18. The molecule has 1 aromatic carbocycles. The molecule has 1 aromatic heterocycles. The predicted octanol–water partition coefficient (Wildman–Crippen LogP) is 1.18. The van der Waals surface area contributed by atoms with Gasteiger partial charge in [-0.15, -0.1) is 6.58 Å². The summed E-state index contributed by atoms with van der Waals surface area (Å²) in [5.74, 6) is -2.19. The van der Waals surface area contributed by atoms with Crippen LogP contribution in [0.5, 0.6) is 0 Å². The lowest BCUT2D eigenvalue weighted by molar-refractivity contribution is -0.150. The Morgan fingerprint density at radius 3 is 2.52 bits per heavy atom. The van der Waals surface area contributed by atoms with E-state index < -0.39 is 36.5 Å². The van der Waals surface area contributed by atoms with E-state index in [-0.39, 0.29) is 18.7 Å². The third-order valence-electron chi connectivity index (χ3n) is 3.62. The number of hydrogen-bond acceptors (Lipinski definition) is 6. The molecule has 0 saturated carbocycles. The van der Waals surface area contributed by atoms with Gasteiger partial charge >= 0.3 is 12.0 Å². The topological polar surface area (TPSA) is 127 Å². The van der Waals surface area contributed by atoms with Crippen LogP contribution in [0.2, 0.25) is 0 Å². The number of urea groups is 1. The fraction of sp³-hybridized carbons (Fsp3) is 0.200. The third-order valence-corrected chi connectivity index (χ3v) is 3.62. The minimum atomic E-state index is -1.06. The second-order valence-corrected chi connectivity index (χ2v) is 5.85. The molecule has 1 atom stereocenters. The number of furan rings is 1.